The van der Waals surface area contributed by atoms with Crippen molar-refractivity contribution >= 4 is 18.1 Å². The lowest BCUT2D eigenvalue weighted by Gasteiger charge is -2.21. The first-order valence-corrected chi connectivity index (χ1v) is 10.3. The van der Waals surface area contributed by atoms with Crippen LogP contribution in [0.1, 0.15) is 31.3 Å². The Morgan fingerprint density at radius 3 is 2.66 bits per heavy atom. The minimum absolute atomic E-state index is 0.0161. The molecule has 0 spiro atoms. The summed E-state index contributed by atoms with van der Waals surface area (Å²) in [6.45, 7) is 2.01. The zero-order valence-corrected chi connectivity index (χ0v) is 17.7. The molecule has 3 rings (SSSR count). The van der Waals surface area contributed by atoms with Gasteiger partial charge in [-0.25, -0.2) is 0 Å². The Morgan fingerprint density at radius 2 is 1.88 bits per heavy atom. The summed E-state index contributed by atoms with van der Waals surface area (Å²) in [5.41, 5.74) is 0.996. The summed E-state index contributed by atoms with van der Waals surface area (Å²) in [5.74, 6) is -0.430. The standard InChI is InChI=1S/C26H25NO5/c1-2-3-4-5-11-25(31)27-12-7-8-18-13-21-16-20(28)17-22(32-21)15-19-9-6-10-23(29)26(19)24(30)14-18/h3-7,9-17,26,29-30H,2,8H2,1H3,(H,27,31)/b4-3-,11-5-,12-7+,18-13?,19-15-,24-14?. The number of rotatable bonds is 6. The molecule has 1 atom stereocenters. The molecule has 0 radical (unpaired) electrons. The van der Waals surface area contributed by atoms with Gasteiger partial charge in [-0.2, -0.15) is 0 Å². The molecule has 1 aliphatic heterocycles. The lowest BCUT2D eigenvalue weighted by molar-refractivity contribution is -0.115. The molecule has 6 heteroatoms. The van der Waals surface area contributed by atoms with Gasteiger partial charge in [0, 0.05) is 24.4 Å². The van der Waals surface area contributed by atoms with Gasteiger partial charge in [0.05, 0.1) is 5.92 Å². The van der Waals surface area contributed by atoms with Gasteiger partial charge in [-0.15, -0.1) is 0 Å². The third kappa shape index (κ3) is 6.22. The highest BCUT2D eigenvalue weighted by atomic mass is 16.3. The van der Waals surface area contributed by atoms with E-state index in [-0.39, 0.29) is 22.9 Å². The fourth-order valence-corrected chi connectivity index (χ4v) is 3.26. The summed E-state index contributed by atoms with van der Waals surface area (Å²) in [5, 5.41) is 23.7. The van der Waals surface area contributed by atoms with Gasteiger partial charge in [0.25, 0.3) is 0 Å². The smallest absolute Gasteiger partial charge is 0.247 e. The van der Waals surface area contributed by atoms with Crippen LogP contribution in [0.25, 0.3) is 12.2 Å². The third-order valence-corrected chi connectivity index (χ3v) is 4.68. The molecule has 2 heterocycles. The van der Waals surface area contributed by atoms with E-state index in [1.54, 1.807) is 42.5 Å². The second kappa shape index (κ2) is 10.8. The number of carbonyl (C=O) groups excluding carboxylic acids is 1. The van der Waals surface area contributed by atoms with E-state index in [9.17, 15) is 19.8 Å². The van der Waals surface area contributed by atoms with Crippen molar-refractivity contribution in [2.24, 2.45) is 5.92 Å². The predicted octanol–water partition coefficient (Wildman–Crippen LogP) is 5.03. The van der Waals surface area contributed by atoms with Crippen LogP contribution in [0.15, 0.2) is 105 Å². The first-order chi connectivity index (χ1) is 15.5. The molecule has 2 aliphatic rings. The Balaban J connectivity index is 1.85. The van der Waals surface area contributed by atoms with Gasteiger partial charge in [-0.3, -0.25) is 9.59 Å². The number of aliphatic hydroxyl groups is 2. The molecule has 0 fully saturated rings. The Bertz CT molecular complexity index is 1170. The zero-order valence-electron chi connectivity index (χ0n) is 17.7. The first-order valence-electron chi connectivity index (χ1n) is 10.3. The Morgan fingerprint density at radius 1 is 1.09 bits per heavy atom. The fraction of sp³-hybridized carbons (Fsp3) is 0.154. The minimum Gasteiger partial charge on any atom is -0.511 e. The highest BCUT2D eigenvalue weighted by molar-refractivity contribution is 5.88. The molecule has 1 aromatic rings. The molecule has 1 aromatic heterocycles. The summed E-state index contributed by atoms with van der Waals surface area (Å²) in [6, 6.07) is 2.71. The fourth-order valence-electron chi connectivity index (χ4n) is 3.26. The van der Waals surface area contributed by atoms with E-state index in [1.807, 2.05) is 13.0 Å². The molecule has 1 aliphatic carbocycles. The van der Waals surface area contributed by atoms with Crippen molar-refractivity contribution in [3.8, 4) is 0 Å². The molecule has 32 heavy (non-hydrogen) atoms. The molecule has 1 amide bonds. The van der Waals surface area contributed by atoms with E-state index in [0.717, 1.165) is 6.42 Å². The summed E-state index contributed by atoms with van der Waals surface area (Å²) in [7, 11) is 0. The molecular formula is C26H25NO5. The van der Waals surface area contributed by atoms with Gasteiger partial charge >= 0.3 is 0 Å². The number of nitrogens with one attached hydrogen (secondary N) is 1. The van der Waals surface area contributed by atoms with E-state index < -0.39 is 5.92 Å². The molecule has 6 nitrogen and oxygen atoms in total. The molecule has 164 valence electrons. The average Bonchev–Trinajstić information content (AvgIpc) is 2.73. The van der Waals surface area contributed by atoms with Crippen LogP contribution >= 0.6 is 0 Å². The van der Waals surface area contributed by atoms with Crippen molar-refractivity contribution in [2.45, 2.75) is 19.8 Å². The van der Waals surface area contributed by atoms with Crippen LogP contribution < -0.4 is 10.7 Å². The number of hydrogen-bond donors (Lipinski definition) is 3. The Kier molecular flexibility index (Phi) is 7.65. The molecule has 3 N–H and O–H groups in total. The topological polar surface area (TPSA) is 99.8 Å². The third-order valence-electron chi connectivity index (χ3n) is 4.68. The maximum atomic E-state index is 12.1. The summed E-state index contributed by atoms with van der Waals surface area (Å²) >= 11 is 0. The van der Waals surface area contributed by atoms with Crippen molar-refractivity contribution in [3.63, 3.8) is 0 Å². The lowest BCUT2D eigenvalue weighted by Crippen LogP contribution is -2.13. The monoisotopic (exact) mass is 431 g/mol. The van der Waals surface area contributed by atoms with Gasteiger partial charge in [0.2, 0.25) is 5.91 Å². The molecule has 0 saturated heterocycles. The largest absolute Gasteiger partial charge is 0.511 e. The van der Waals surface area contributed by atoms with Crippen LogP contribution in [0.4, 0.5) is 0 Å². The summed E-state index contributed by atoms with van der Waals surface area (Å²) in [4.78, 5) is 23.9. The SMILES string of the molecule is CC/C=C\C=C/C(=O)N/C=C/CC1=Cc2cc(=O)cc(o2)/C=C2/C=CC=C(O)C2C(O)=C1. The van der Waals surface area contributed by atoms with Crippen LogP contribution in [0.2, 0.25) is 0 Å². The zero-order chi connectivity index (χ0) is 22.9. The number of allylic oxidation sites excluding steroid dienone is 9. The molecular weight excluding hydrogens is 406 g/mol. The van der Waals surface area contributed by atoms with E-state index in [0.29, 0.717) is 29.1 Å². The van der Waals surface area contributed by atoms with E-state index >= 15 is 0 Å². The van der Waals surface area contributed by atoms with Crippen LogP contribution in [0.3, 0.4) is 0 Å². The van der Waals surface area contributed by atoms with Crippen LogP contribution in [0, 0.1) is 5.92 Å². The van der Waals surface area contributed by atoms with E-state index in [2.05, 4.69) is 5.32 Å². The van der Waals surface area contributed by atoms with Crippen molar-refractivity contribution in [3.05, 3.63) is 117 Å². The molecule has 1 unspecified atom stereocenters. The van der Waals surface area contributed by atoms with Crippen LogP contribution in [-0.2, 0) is 4.79 Å². The average molecular weight is 431 g/mol. The van der Waals surface area contributed by atoms with E-state index in [4.69, 9.17) is 4.42 Å². The van der Waals surface area contributed by atoms with Gasteiger partial charge in [0.15, 0.2) is 5.43 Å². The summed E-state index contributed by atoms with van der Waals surface area (Å²) in [6.07, 6.45) is 21.0. The Labute approximate surface area is 186 Å². The van der Waals surface area contributed by atoms with Gasteiger partial charge in [-0.1, -0.05) is 43.4 Å². The molecule has 2 bridgehead atoms. The number of fused-ring (bicyclic) bond motifs is 3. The van der Waals surface area contributed by atoms with E-state index in [1.165, 1.54) is 36.6 Å². The van der Waals surface area contributed by atoms with Crippen molar-refractivity contribution in [2.75, 3.05) is 0 Å². The van der Waals surface area contributed by atoms with Crippen LogP contribution in [-0.4, -0.2) is 16.1 Å². The lowest BCUT2D eigenvalue weighted by atomic mass is 9.88. The maximum absolute atomic E-state index is 12.1. The first kappa shape index (κ1) is 22.6. The maximum Gasteiger partial charge on any atom is 0.247 e. The Hall–Kier alpha value is -4.06. The second-order valence-corrected chi connectivity index (χ2v) is 7.22. The minimum atomic E-state index is -0.763. The molecule has 0 aromatic carbocycles. The van der Waals surface area contributed by atoms with Crippen molar-refractivity contribution in [1.82, 2.24) is 5.32 Å². The highest BCUT2D eigenvalue weighted by Gasteiger charge is 2.25. The van der Waals surface area contributed by atoms with Crippen LogP contribution in [0.5, 0.6) is 0 Å². The van der Waals surface area contributed by atoms with Gasteiger partial charge in [-0.05, 0) is 48.3 Å². The second-order valence-electron chi connectivity index (χ2n) is 7.22. The van der Waals surface area contributed by atoms with Gasteiger partial charge < -0.3 is 19.9 Å². The number of carbonyl (C=O) groups is 1. The quantitative estimate of drug-likeness (QED) is 0.433. The molecule has 0 saturated carbocycles. The van der Waals surface area contributed by atoms with Crippen molar-refractivity contribution in [1.29, 1.82) is 0 Å². The predicted molar refractivity (Wildman–Crippen MR) is 125 cm³/mol. The highest BCUT2D eigenvalue weighted by Crippen LogP contribution is 2.33. The summed E-state index contributed by atoms with van der Waals surface area (Å²) < 4.78 is 5.78. The number of amides is 1. The number of hydrogen-bond acceptors (Lipinski definition) is 5. The van der Waals surface area contributed by atoms with Gasteiger partial charge in [0.1, 0.15) is 23.0 Å². The normalized spacial score (nSPS) is 19.8. The number of aliphatic hydroxyl groups excluding tert-OH is 2. The van der Waals surface area contributed by atoms with Crippen molar-refractivity contribution < 1.29 is 19.4 Å².